The summed E-state index contributed by atoms with van der Waals surface area (Å²) in [5.41, 5.74) is 3.45. The SMILES string of the molecule is CC(C)N1CCN(c2ccc(C(=O)NCc3ccc(NC(=O)[C@H]4C[C@@H]4c4cccnc4)cc3F)cc2)CC1. The molecule has 2 aliphatic rings. The fourth-order valence-corrected chi connectivity index (χ4v) is 5.05. The lowest BCUT2D eigenvalue weighted by molar-refractivity contribution is -0.117. The quantitative estimate of drug-likeness (QED) is 0.464. The highest BCUT2D eigenvalue weighted by Crippen LogP contribution is 2.47. The number of aromatic nitrogens is 1. The molecule has 2 aromatic carbocycles. The molecule has 0 unspecified atom stereocenters. The van der Waals surface area contributed by atoms with E-state index in [1.807, 2.05) is 36.4 Å². The van der Waals surface area contributed by atoms with Crippen LogP contribution in [0.4, 0.5) is 15.8 Å². The average molecular weight is 516 g/mol. The lowest BCUT2D eigenvalue weighted by atomic mass is 10.1. The molecular formula is C30H34FN5O2. The van der Waals surface area contributed by atoms with Crippen LogP contribution in [0.25, 0.3) is 0 Å². The number of amides is 2. The van der Waals surface area contributed by atoms with Crippen LogP contribution >= 0.6 is 0 Å². The molecule has 1 aliphatic heterocycles. The summed E-state index contributed by atoms with van der Waals surface area (Å²) >= 11 is 0. The molecule has 1 saturated heterocycles. The maximum Gasteiger partial charge on any atom is 0.251 e. The van der Waals surface area contributed by atoms with Crippen molar-refractivity contribution in [2.75, 3.05) is 36.4 Å². The molecule has 198 valence electrons. The molecule has 2 amide bonds. The number of benzene rings is 2. The number of halogens is 1. The number of piperazine rings is 1. The number of nitrogens with one attached hydrogen (secondary N) is 2. The van der Waals surface area contributed by atoms with Crippen LogP contribution in [-0.4, -0.2) is 53.9 Å². The molecule has 2 N–H and O–H groups in total. The number of anilines is 2. The van der Waals surface area contributed by atoms with Gasteiger partial charge in [-0.2, -0.15) is 0 Å². The highest BCUT2D eigenvalue weighted by atomic mass is 19.1. The molecule has 1 aromatic heterocycles. The van der Waals surface area contributed by atoms with Crippen molar-refractivity contribution < 1.29 is 14.0 Å². The Bertz CT molecular complexity index is 1270. The van der Waals surface area contributed by atoms with Crippen LogP contribution in [-0.2, 0) is 11.3 Å². The van der Waals surface area contributed by atoms with Crippen molar-refractivity contribution in [1.82, 2.24) is 15.2 Å². The third kappa shape index (κ3) is 6.02. The number of nitrogens with zero attached hydrogens (tertiary/aromatic N) is 3. The zero-order chi connectivity index (χ0) is 26.6. The van der Waals surface area contributed by atoms with Crippen LogP contribution in [0.3, 0.4) is 0 Å². The molecule has 1 saturated carbocycles. The van der Waals surface area contributed by atoms with Gasteiger partial charge in [0.05, 0.1) is 0 Å². The smallest absolute Gasteiger partial charge is 0.251 e. The first kappa shape index (κ1) is 25.9. The standard InChI is InChI=1S/C30H34FN5O2/c1-20(2)35-12-14-36(15-13-35)25-9-6-21(7-10-25)29(37)33-19-23-5-8-24(16-28(23)31)34-30(38)27-17-26(27)22-4-3-11-32-18-22/h3-11,16,18,20,26-27H,12-15,17,19H2,1-2H3,(H,33,37)(H,34,38)/t26-,27+/m1/s1. The van der Waals surface area contributed by atoms with Crippen LogP contribution in [0.2, 0.25) is 0 Å². The van der Waals surface area contributed by atoms with Crippen molar-refractivity contribution >= 4 is 23.2 Å². The van der Waals surface area contributed by atoms with Crippen LogP contribution in [0, 0.1) is 11.7 Å². The van der Waals surface area contributed by atoms with Crippen molar-refractivity contribution in [3.8, 4) is 0 Å². The molecule has 2 heterocycles. The second kappa shape index (κ2) is 11.3. The maximum absolute atomic E-state index is 14.7. The Morgan fingerprint density at radius 2 is 1.82 bits per heavy atom. The third-order valence-corrected chi connectivity index (χ3v) is 7.54. The predicted octanol–water partition coefficient (Wildman–Crippen LogP) is 4.42. The molecule has 7 nitrogen and oxygen atoms in total. The van der Waals surface area contributed by atoms with Gasteiger partial charge in [-0.1, -0.05) is 12.1 Å². The van der Waals surface area contributed by atoms with E-state index in [1.165, 1.54) is 6.07 Å². The normalized spacial score (nSPS) is 19.3. The minimum Gasteiger partial charge on any atom is -0.369 e. The topological polar surface area (TPSA) is 77.6 Å². The van der Waals surface area contributed by atoms with Gasteiger partial charge in [0, 0.05) is 79.6 Å². The molecule has 8 heteroatoms. The zero-order valence-corrected chi connectivity index (χ0v) is 21.9. The van der Waals surface area contributed by atoms with Gasteiger partial charge >= 0.3 is 0 Å². The van der Waals surface area contributed by atoms with E-state index >= 15 is 0 Å². The average Bonchev–Trinajstić information content (AvgIpc) is 3.75. The van der Waals surface area contributed by atoms with Gasteiger partial charge in [0.25, 0.3) is 5.91 Å². The van der Waals surface area contributed by atoms with E-state index in [2.05, 4.69) is 39.3 Å². The van der Waals surface area contributed by atoms with E-state index < -0.39 is 5.82 Å². The third-order valence-electron chi connectivity index (χ3n) is 7.54. The molecule has 3 aromatic rings. The molecule has 2 fully saturated rings. The summed E-state index contributed by atoms with van der Waals surface area (Å²) in [4.78, 5) is 34.1. The maximum atomic E-state index is 14.7. The Labute approximate surface area is 223 Å². The number of hydrogen-bond donors (Lipinski definition) is 2. The Morgan fingerprint density at radius 3 is 2.47 bits per heavy atom. The van der Waals surface area contributed by atoms with Gasteiger partial charge in [0.2, 0.25) is 5.91 Å². The van der Waals surface area contributed by atoms with E-state index in [-0.39, 0.29) is 30.2 Å². The van der Waals surface area contributed by atoms with E-state index in [0.717, 1.165) is 43.9 Å². The summed E-state index contributed by atoms with van der Waals surface area (Å²) in [6.07, 6.45) is 4.25. The largest absolute Gasteiger partial charge is 0.369 e. The first-order valence-corrected chi connectivity index (χ1v) is 13.3. The van der Waals surface area contributed by atoms with Crippen molar-refractivity contribution in [3.63, 3.8) is 0 Å². The zero-order valence-electron chi connectivity index (χ0n) is 21.9. The molecule has 0 spiro atoms. The molecule has 38 heavy (non-hydrogen) atoms. The van der Waals surface area contributed by atoms with Gasteiger partial charge in [0.15, 0.2) is 0 Å². The van der Waals surface area contributed by atoms with E-state index in [9.17, 15) is 14.0 Å². The van der Waals surface area contributed by atoms with Crippen LogP contribution < -0.4 is 15.5 Å². The summed E-state index contributed by atoms with van der Waals surface area (Å²) in [7, 11) is 0. The van der Waals surface area contributed by atoms with Crippen LogP contribution in [0.15, 0.2) is 67.0 Å². The number of carbonyl (C=O) groups excluding carboxylic acids is 2. The fraction of sp³-hybridized carbons (Fsp3) is 0.367. The number of rotatable bonds is 8. The minimum absolute atomic E-state index is 0.0590. The number of hydrogen-bond acceptors (Lipinski definition) is 5. The van der Waals surface area contributed by atoms with Crippen LogP contribution in [0.5, 0.6) is 0 Å². The molecule has 0 radical (unpaired) electrons. The second-order valence-corrected chi connectivity index (χ2v) is 10.4. The van der Waals surface area contributed by atoms with Gasteiger partial charge in [0.1, 0.15) is 5.82 Å². The van der Waals surface area contributed by atoms with Crippen molar-refractivity contribution in [3.05, 3.63) is 89.5 Å². The second-order valence-electron chi connectivity index (χ2n) is 10.4. The van der Waals surface area contributed by atoms with Gasteiger partial charge in [-0.05, 0) is 74.2 Å². The van der Waals surface area contributed by atoms with Crippen LogP contribution in [0.1, 0.15) is 47.7 Å². The Morgan fingerprint density at radius 1 is 1.05 bits per heavy atom. The summed E-state index contributed by atoms with van der Waals surface area (Å²) in [6.45, 7) is 8.48. The van der Waals surface area contributed by atoms with E-state index in [0.29, 0.717) is 22.9 Å². The molecule has 5 rings (SSSR count). The highest BCUT2D eigenvalue weighted by molar-refractivity contribution is 5.95. The van der Waals surface area contributed by atoms with Crippen molar-refractivity contribution in [2.45, 2.75) is 38.8 Å². The summed E-state index contributed by atoms with van der Waals surface area (Å²) in [6, 6.07) is 16.5. The molecule has 1 aliphatic carbocycles. The van der Waals surface area contributed by atoms with Gasteiger partial charge in [-0.15, -0.1) is 0 Å². The van der Waals surface area contributed by atoms with Crippen molar-refractivity contribution in [2.24, 2.45) is 5.92 Å². The predicted molar refractivity (Wildman–Crippen MR) is 147 cm³/mol. The Kier molecular flexibility index (Phi) is 7.69. The van der Waals surface area contributed by atoms with Crippen molar-refractivity contribution in [1.29, 1.82) is 0 Å². The van der Waals surface area contributed by atoms with E-state index in [4.69, 9.17) is 0 Å². The summed E-state index contributed by atoms with van der Waals surface area (Å²) in [5.74, 6) is -0.819. The number of pyridine rings is 1. The Balaban J connectivity index is 1.11. The summed E-state index contributed by atoms with van der Waals surface area (Å²) in [5, 5.41) is 5.60. The van der Waals surface area contributed by atoms with Gasteiger partial charge < -0.3 is 15.5 Å². The highest BCUT2D eigenvalue weighted by Gasteiger charge is 2.44. The monoisotopic (exact) mass is 515 g/mol. The van der Waals surface area contributed by atoms with E-state index in [1.54, 1.807) is 24.5 Å². The molecule has 2 atom stereocenters. The first-order valence-electron chi connectivity index (χ1n) is 13.3. The lowest BCUT2D eigenvalue weighted by Crippen LogP contribution is -2.48. The lowest BCUT2D eigenvalue weighted by Gasteiger charge is -2.38. The van der Waals surface area contributed by atoms with Gasteiger partial charge in [-0.25, -0.2) is 4.39 Å². The fourth-order valence-electron chi connectivity index (χ4n) is 5.05. The Hall–Kier alpha value is -3.78. The first-order chi connectivity index (χ1) is 18.4. The van der Waals surface area contributed by atoms with Gasteiger partial charge in [-0.3, -0.25) is 19.5 Å². The molecular weight excluding hydrogens is 481 g/mol. The number of carbonyl (C=O) groups is 2. The minimum atomic E-state index is -0.474. The molecule has 0 bridgehead atoms. The summed E-state index contributed by atoms with van der Waals surface area (Å²) < 4.78 is 14.7.